The molecule has 1 aromatic heterocycles. The lowest BCUT2D eigenvalue weighted by molar-refractivity contribution is 0.0137. The minimum absolute atomic E-state index is 0.0745. The molecule has 0 unspecified atom stereocenters. The lowest BCUT2D eigenvalue weighted by Gasteiger charge is -2.26. The number of nitrogens with one attached hydrogen (secondary N) is 2. The normalized spacial score (nSPS) is 22.2. The highest BCUT2D eigenvalue weighted by atomic mass is 32.2. The van der Waals surface area contributed by atoms with Crippen molar-refractivity contribution in [2.75, 3.05) is 25.2 Å². The summed E-state index contributed by atoms with van der Waals surface area (Å²) in [5.74, 6) is 1.96. The summed E-state index contributed by atoms with van der Waals surface area (Å²) in [6.07, 6.45) is 0.987. The van der Waals surface area contributed by atoms with Crippen molar-refractivity contribution in [3.63, 3.8) is 0 Å². The first-order valence-corrected chi connectivity index (χ1v) is 7.87. The Bertz CT molecular complexity index is 584. The van der Waals surface area contributed by atoms with Gasteiger partial charge in [-0.1, -0.05) is 18.2 Å². The van der Waals surface area contributed by atoms with Gasteiger partial charge in [-0.05, 0) is 24.3 Å². The van der Waals surface area contributed by atoms with E-state index in [2.05, 4.69) is 10.3 Å². The number of methoxy groups -OCH3 is 1. The molecule has 4 nitrogen and oxygen atoms in total. The average molecular weight is 290 g/mol. The van der Waals surface area contributed by atoms with Gasteiger partial charge >= 0.3 is 0 Å². The van der Waals surface area contributed by atoms with E-state index in [1.54, 1.807) is 7.11 Å². The number of aromatic amines is 1. The van der Waals surface area contributed by atoms with Crippen LogP contribution in [-0.2, 0) is 4.74 Å². The highest BCUT2D eigenvalue weighted by Gasteiger charge is 2.34. The first-order chi connectivity index (χ1) is 9.72. The average Bonchev–Trinajstić information content (AvgIpc) is 3.12. The molecule has 20 heavy (non-hydrogen) atoms. The van der Waals surface area contributed by atoms with E-state index in [9.17, 15) is 4.79 Å². The predicted octanol–water partition coefficient (Wildman–Crippen LogP) is 2.42. The zero-order valence-electron chi connectivity index (χ0n) is 11.4. The monoisotopic (exact) mass is 290 g/mol. The minimum Gasteiger partial charge on any atom is -0.376 e. The number of H-pyrrole nitrogens is 1. The molecule has 1 saturated heterocycles. The third-order valence-electron chi connectivity index (χ3n) is 3.85. The van der Waals surface area contributed by atoms with Gasteiger partial charge in [-0.25, -0.2) is 0 Å². The molecule has 0 aliphatic carbocycles. The molecule has 0 spiro atoms. The SMILES string of the molecule is CO[C@]1(CNC(=O)c2cc3ccccc3[nH]2)CCSC1. The first kappa shape index (κ1) is 13.5. The van der Waals surface area contributed by atoms with Crippen molar-refractivity contribution in [3.8, 4) is 0 Å². The van der Waals surface area contributed by atoms with Gasteiger partial charge < -0.3 is 15.0 Å². The molecular weight excluding hydrogens is 272 g/mol. The molecule has 3 rings (SSSR count). The molecule has 1 amide bonds. The van der Waals surface area contributed by atoms with Crippen LogP contribution in [0.2, 0.25) is 0 Å². The lowest BCUT2D eigenvalue weighted by Crippen LogP contribution is -2.44. The Balaban J connectivity index is 1.69. The summed E-state index contributed by atoms with van der Waals surface area (Å²) in [6.45, 7) is 0.560. The van der Waals surface area contributed by atoms with Crippen molar-refractivity contribution < 1.29 is 9.53 Å². The standard InChI is InChI=1S/C15H18N2O2S/c1-19-15(6-7-20-10-15)9-16-14(18)13-8-11-4-2-3-5-12(11)17-13/h2-5,8,17H,6-7,9-10H2,1H3,(H,16,18)/t15-/m0/s1. The van der Waals surface area contributed by atoms with Crippen LogP contribution in [0.5, 0.6) is 0 Å². The van der Waals surface area contributed by atoms with Gasteiger partial charge in [0.25, 0.3) is 5.91 Å². The Morgan fingerprint density at radius 2 is 2.35 bits per heavy atom. The molecule has 1 aromatic carbocycles. The molecule has 1 atom stereocenters. The van der Waals surface area contributed by atoms with Gasteiger partial charge in [-0.3, -0.25) is 4.79 Å². The summed E-state index contributed by atoms with van der Waals surface area (Å²) in [6, 6.07) is 9.76. The van der Waals surface area contributed by atoms with Crippen LogP contribution in [0, 0.1) is 0 Å². The second kappa shape index (κ2) is 5.50. The summed E-state index contributed by atoms with van der Waals surface area (Å²) >= 11 is 1.87. The van der Waals surface area contributed by atoms with Crippen LogP contribution in [0.25, 0.3) is 10.9 Å². The minimum atomic E-state index is -0.202. The van der Waals surface area contributed by atoms with Crippen molar-refractivity contribution in [1.29, 1.82) is 0 Å². The molecule has 1 aliphatic heterocycles. The Morgan fingerprint density at radius 3 is 3.05 bits per heavy atom. The van der Waals surface area contributed by atoms with Crippen molar-refractivity contribution in [3.05, 3.63) is 36.0 Å². The fourth-order valence-corrected chi connectivity index (χ4v) is 3.89. The number of ether oxygens (including phenoxy) is 1. The number of amides is 1. The number of rotatable bonds is 4. The van der Waals surface area contributed by atoms with E-state index in [0.717, 1.165) is 28.8 Å². The Morgan fingerprint density at radius 1 is 1.50 bits per heavy atom. The van der Waals surface area contributed by atoms with Crippen LogP contribution in [0.3, 0.4) is 0 Å². The van der Waals surface area contributed by atoms with E-state index in [0.29, 0.717) is 12.2 Å². The molecule has 2 N–H and O–H groups in total. The molecule has 106 valence electrons. The summed E-state index contributed by atoms with van der Waals surface area (Å²) < 4.78 is 5.60. The molecule has 0 saturated carbocycles. The fraction of sp³-hybridized carbons (Fsp3) is 0.400. The topological polar surface area (TPSA) is 54.1 Å². The zero-order valence-corrected chi connectivity index (χ0v) is 12.3. The second-order valence-electron chi connectivity index (χ2n) is 5.14. The number of fused-ring (bicyclic) bond motifs is 1. The Labute approximate surface area is 122 Å². The van der Waals surface area contributed by atoms with Gasteiger partial charge in [0, 0.05) is 30.3 Å². The van der Waals surface area contributed by atoms with Crippen LogP contribution in [-0.4, -0.2) is 41.7 Å². The maximum absolute atomic E-state index is 12.2. The Kier molecular flexibility index (Phi) is 3.72. The maximum Gasteiger partial charge on any atom is 0.267 e. The van der Waals surface area contributed by atoms with Crippen molar-refractivity contribution in [2.45, 2.75) is 12.0 Å². The third kappa shape index (κ3) is 2.55. The number of para-hydroxylation sites is 1. The van der Waals surface area contributed by atoms with Crippen LogP contribution >= 0.6 is 11.8 Å². The number of carbonyl (C=O) groups excluding carboxylic acids is 1. The summed E-state index contributed by atoms with van der Waals surface area (Å²) in [5, 5.41) is 4.04. The number of aromatic nitrogens is 1. The van der Waals surface area contributed by atoms with Gasteiger partial charge in [-0.2, -0.15) is 11.8 Å². The van der Waals surface area contributed by atoms with Gasteiger partial charge in [0.15, 0.2) is 0 Å². The molecular formula is C15H18N2O2S. The van der Waals surface area contributed by atoms with Gasteiger partial charge in [0.1, 0.15) is 5.69 Å². The molecule has 0 radical (unpaired) electrons. The van der Waals surface area contributed by atoms with Gasteiger partial charge in [0.2, 0.25) is 0 Å². The third-order valence-corrected chi connectivity index (χ3v) is 5.07. The van der Waals surface area contributed by atoms with E-state index < -0.39 is 0 Å². The van der Waals surface area contributed by atoms with Gasteiger partial charge in [0.05, 0.1) is 5.60 Å². The summed E-state index contributed by atoms with van der Waals surface area (Å²) in [5.41, 5.74) is 1.38. The largest absolute Gasteiger partial charge is 0.376 e. The number of hydrogen-bond acceptors (Lipinski definition) is 3. The molecule has 1 fully saturated rings. The molecule has 2 aromatic rings. The number of benzene rings is 1. The van der Waals surface area contributed by atoms with Crippen molar-refractivity contribution in [2.24, 2.45) is 0 Å². The van der Waals surface area contributed by atoms with E-state index in [1.165, 1.54) is 0 Å². The smallest absolute Gasteiger partial charge is 0.267 e. The first-order valence-electron chi connectivity index (χ1n) is 6.71. The van der Waals surface area contributed by atoms with Crippen LogP contribution in [0.15, 0.2) is 30.3 Å². The molecule has 1 aliphatic rings. The van der Waals surface area contributed by atoms with Crippen molar-refractivity contribution >= 4 is 28.6 Å². The highest BCUT2D eigenvalue weighted by Crippen LogP contribution is 2.30. The van der Waals surface area contributed by atoms with Crippen LogP contribution in [0.1, 0.15) is 16.9 Å². The van der Waals surface area contributed by atoms with E-state index >= 15 is 0 Å². The van der Waals surface area contributed by atoms with Gasteiger partial charge in [-0.15, -0.1) is 0 Å². The summed E-state index contributed by atoms with van der Waals surface area (Å²) in [4.78, 5) is 15.4. The predicted molar refractivity (Wildman–Crippen MR) is 82.3 cm³/mol. The second-order valence-corrected chi connectivity index (χ2v) is 6.25. The Hall–Kier alpha value is -1.46. The molecule has 2 heterocycles. The fourth-order valence-electron chi connectivity index (χ4n) is 2.49. The number of thioether (sulfide) groups is 1. The quantitative estimate of drug-likeness (QED) is 0.909. The van der Waals surface area contributed by atoms with E-state index in [4.69, 9.17) is 4.74 Å². The lowest BCUT2D eigenvalue weighted by atomic mass is 10.0. The zero-order chi connectivity index (χ0) is 14.0. The maximum atomic E-state index is 12.2. The highest BCUT2D eigenvalue weighted by molar-refractivity contribution is 7.99. The van der Waals surface area contributed by atoms with Crippen molar-refractivity contribution in [1.82, 2.24) is 10.3 Å². The van der Waals surface area contributed by atoms with E-state index in [1.807, 2.05) is 42.1 Å². The molecule has 0 bridgehead atoms. The summed E-state index contributed by atoms with van der Waals surface area (Å²) in [7, 11) is 1.72. The van der Waals surface area contributed by atoms with Crippen LogP contribution in [0.4, 0.5) is 0 Å². The molecule has 5 heteroatoms. The number of hydrogen-bond donors (Lipinski definition) is 2. The van der Waals surface area contributed by atoms with E-state index in [-0.39, 0.29) is 11.5 Å². The number of carbonyl (C=O) groups is 1. The van der Waals surface area contributed by atoms with Crippen LogP contribution < -0.4 is 5.32 Å².